The molecule has 8 heteroatoms. The Morgan fingerprint density at radius 3 is 2.27 bits per heavy atom. The van der Waals surface area contributed by atoms with Crippen LogP contribution in [0.4, 0.5) is 17.1 Å². The largest absolute Gasteiger partial charge is 0.372 e. The van der Waals surface area contributed by atoms with Crippen molar-refractivity contribution in [1.29, 1.82) is 0 Å². The minimum absolute atomic E-state index is 0.237. The lowest BCUT2D eigenvalue weighted by atomic mass is 10.2. The van der Waals surface area contributed by atoms with Crippen molar-refractivity contribution in [3.8, 4) is 0 Å². The highest BCUT2D eigenvalue weighted by molar-refractivity contribution is 7.94. The van der Waals surface area contributed by atoms with Gasteiger partial charge in [0.15, 0.2) is 0 Å². The summed E-state index contributed by atoms with van der Waals surface area (Å²) >= 11 is 1.17. The number of amides is 1. The van der Waals surface area contributed by atoms with E-state index in [0.717, 1.165) is 18.8 Å². The van der Waals surface area contributed by atoms with Crippen molar-refractivity contribution in [2.75, 3.05) is 34.7 Å². The van der Waals surface area contributed by atoms with E-state index in [1.54, 1.807) is 41.8 Å². The second-order valence-corrected chi connectivity index (χ2v) is 10.3. The van der Waals surface area contributed by atoms with E-state index in [1.165, 1.54) is 41.2 Å². The summed E-state index contributed by atoms with van der Waals surface area (Å²) in [5.74, 6) is -0.237. The summed E-state index contributed by atoms with van der Waals surface area (Å²) in [7, 11) is -2.09. The summed E-state index contributed by atoms with van der Waals surface area (Å²) in [5.41, 5.74) is 2.86. The molecule has 2 aromatic carbocycles. The predicted octanol–water partition coefficient (Wildman–Crippen LogP) is 4.43. The van der Waals surface area contributed by atoms with Gasteiger partial charge in [0.05, 0.1) is 5.69 Å². The van der Waals surface area contributed by atoms with E-state index < -0.39 is 10.0 Å². The number of hydrogen-bond donors (Lipinski definition) is 1. The van der Waals surface area contributed by atoms with Crippen LogP contribution in [0.1, 0.15) is 23.2 Å². The van der Waals surface area contributed by atoms with Crippen LogP contribution in [0.3, 0.4) is 0 Å². The molecule has 1 fully saturated rings. The van der Waals surface area contributed by atoms with Crippen molar-refractivity contribution in [3.63, 3.8) is 0 Å². The number of nitrogens with one attached hydrogen (secondary N) is 1. The van der Waals surface area contributed by atoms with Gasteiger partial charge < -0.3 is 10.2 Å². The number of rotatable bonds is 6. The molecule has 0 spiro atoms. The maximum absolute atomic E-state index is 12.6. The Labute approximate surface area is 180 Å². The average molecular weight is 442 g/mol. The normalized spacial score (nSPS) is 14.0. The Balaban J connectivity index is 1.43. The smallest absolute Gasteiger partial charge is 0.273 e. The molecule has 0 unspecified atom stereocenters. The third-order valence-electron chi connectivity index (χ3n) is 5.20. The van der Waals surface area contributed by atoms with Gasteiger partial charge in [-0.1, -0.05) is 6.07 Å². The first-order chi connectivity index (χ1) is 14.4. The van der Waals surface area contributed by atoms with Gasteiger partial charge in [0.2, 0.25) is 0 Å². The molecule has 0 radical (unpaired) electrons. The van der Waals surface area contributed by atoms with Crippen molar-refractivity contribution >= 4 is 44.3 Å². The van der Waals surface area contributed by atoms with Crippen LogP contribution in [-0.4, -0.2) is 34.5 Å². The molecule has 30 heavy (non-hydrogen) atoms. The van der Waals surface area contributed by atoms with Gasteiger partial charge >= 0.3 is 0 Å². The lowest BCUT2D eigenvalue weighted by Crippen LogP contribution is -2.25. The van der Waals surface area contributed by atoms with Crippen molar-refractivity contribution in [2.24, 2.45) is 0 Å². The number of anilines is 3. The summed E-state index contributed by atoms with van der Waals surface area (Å²) in [6.07, 6.45) is 2.44. The first-order valence-corrected chi connectivity index (χ1v) is 12.1. The van der Waals surface area contributed by atoms with E-state index in [9.17, 15) is 13.2 Å². The molecule has 6 nitrogen and oxygen atoms in total. The topological polar surface area (TPSA) is 69.7 Å². The molecule has 1 aromatic heterocycles. The van der Waals surface area contributed by atoms with E-state index in [2.05, 4.69) is 10.2 Å². The third-order valence-corrected chi connectivity index (χ3v) is 8.36. The zero-order valence-electron chi connectivity index (χ0n) is 16.6. The van der Waals surface area contributed by atoms with Crippen LogP contribution >= 0.6 is 11.3 Å². The first kappa shape index (κ1) is 20.4. The van der Waals surface area contributed by atoms with Crippen molar-refractivity contribution in [2.45, 2.75) is 17.1 Å². The summed E-state index contributed by atoms with van der Waals surface area (Å²) < 4.78 is 26.8. The molecule has 1 aliphatic rings. The average Bonchev–Trinajstić information content (AvgIpc) is 3.48. The SMILES string of the molecule is CN(c1ccc(C(=O)Nc2ccc(N3CCCC3)cc2)cc1)S(=O)(=O)c1cccs1. The molecule has 1 saturated heterocycles. The minimum Gasteiger partial charge on any atom is -0.372 e. The molecule has 3 aromatic rings. The summed E-state index contributed by atoms with van der Waals surface area (Å²) in [6, 6.07) is 17.7. The van der Waals surface area contributed by atoms with Crippen molar-refractivity contribution in [3.05, 3.63) is 71.6 Å². The summed E-state index contributed by atoms with van der Waals surface area (Å²) in [5, 5.41) is 4.62. The maximum atomic E-state index is 12.6. The molecule has 0 bridgehead atoms. The van der Waals surface area contributed by atoms with E-state index in [1.807, 2.05) is 24.3 Å². The Morgan fingerprint density at radius 1 is 1.00 bits per heavy atom. The highest BCUT2D eigenvalue weighted by Gasteiger charge is 2.22. The van der Waals surface area contributed by atoms with Gasteiger partial charge in [-0.25, -0.2) is 8.42 Å². The van der Waals surface area contributed by atoms with Gasteiger partial charge in [-0.3, -0.25) is 9.10 Å². The Hall–Kier alpha value is -2.84. The van der Waals surface area contributed by atoms with E-state index in [0.29, 0.717) is 11.3 Å². The standard InChI is InChI=1S/C22H23N3O3S2/c1-24(30(27,28)21-5-4-16-29-21)19-10-6-17(7-11-19)22(26)23-18-8-12-20(13-9-18)25-14-2-3-15-25/h4-13,16H,2-3,14-15H2,1H3,(H,23,26). The monoisotopic (exact) mass is 441 g/mol. The second kappa shape index (κ2) is 8.49. The van der Waals surface area contributed by atoms with Crippen LogP contribution in [0.2, 0.25) is 0 Å². The fourth-order valence-electron chi connectivity index (χ4n) is 3.44. The van der Waals surface area contributed by atoms with E-state index in [-0.39, 0.29) is 10.1 Å². The number of thiophene rings is 1. The van der Waals surface area contributed by atoms with E-state index >= 15 is 0 Å². The fourth-order valence-corrected chi connectivity index (χ4v) is 5.80. The van der Waals surface area contributed by atoms with Crippen LogP contribution in [0.15, 0.2) is 70.3 Å². The zero-order valence-corrected chi connectivity index (χ0v) is 18.2. The van der Waals surface area contributed by atoms with Gasteiger partial charge in [0.1, 0.15) is 4.21 Å². The van der Waals surface area contributed by atoms with Crippen LogP contribution in [-0.2, 0) is 10.0 Å². The number of nitrogens with zero attached hydrogens (tertiary/aromatic N) is 2. The molecule has 156 valence electrons. The molecular weight excluding hydrogens is 418 g/mol. The summed E-state index contributed by atoms with van der Waals surface area (Å²) in [4.78, 5) is 14.9. The highest BCUT2D eigenvalue weighted by atomic mass is 32.2. The quantitative estimate of drug-likeness (QED) is 0.615. The number of benzene rings is 2. The number of carbonyl (C=O) groups is 1. The zero-order chi connectivity index (χ0) is 21.1. The minimum atomic E-state index is -3.59. The Kier molecular flexibility index (Phi) is 5.78. The lowest BCUT2D eigenvalue weighted by Gasteiger charge is -2.19. The molecule has 1 amide bonds. The van der Waals surface area contributed by atoms with Crippen LogP contribution < -0.4 is 14.5 Å². The molecule has 1 aliphatic heterocycles. The van der Waals surface area contributed by atoms with Gasteiger partial charge in [0.25, 0.3) is 15.9 Å². The van der Waals surface area contributed by atoms with Gasteiger partial charge in [-0.05, 0) is 72.8 Å². The fraction of sp³-hybridized carbons (Fsp3) is 0.227. The molecular formula is C22H23N3O3S2. The predicted molar refractivity (Wildman–Crippen MR) is 122 cm³/mol. The maximum Gasteiger partial charge on any atom is 0.273 e. The molecule has 0 saturated carbocycles. The van der Waals surface area contributed by atoms with Crippen molar-refractivity contribution < 1.29 is 13.2 Å². The Bertz CT molecular complexity index is 1100. The number of hydrogen-bond acceptors (Lipinski definition) is 5. The number of carbonyl (C=O) groups excluding carboxylic acids is 1. The molecule has 0 aliphatic carbocycles. The third kappa shape index (κ3) is 4.20. The van der Waals surface area contributed by atoms with Crippen LogP contribution in [0.25, 0.3) is 0 Å². The molecule has 0 atom stereocenters. The number of sulfonamides is 1. The van der Waals surface area contributed by atoms with Gasteiger partial charge in [-0.2, -0.15) is 0 Å². The first-order valence-electron chi connectivity index (χ1n) is 9.74. The van der Waals surface area contributed by atoms with Crippen LogP contribution in [0, 0.1) is 0 Å². The second-order valence-electron chi connectivity index (χ2n) is 7.15. The molecule has 4 rings (SSSR count). The van der Waals surface area contributed by atoms with Gasteiger partial charge in [0, 0.05) is 37.1 Å². The summed E-state index contributed by atoms with van der Waals surface area (Å²) in [6.45, 7) is 2.16. The van der Waals surface area contributed by atoms with E-state index in [4.69, 9.17) is 0 Å². The highest BCUT2D eigenvalue weighted by Crippen LogP contribution is 2.26. The van der Waals surface area contributed by atoms with Crippen LogP contribution in [0.5, 0.6) is 0 Å². The van der Waals surface area contributed by atoms with Crippen molar-refractivity contribution in [1.82, 2.24) is 0 Å². The Morgan fingerprint density at radius 2 is 1.67 bits per heavy atom. The lowest BCUT2D eigenvalue weighted by molar-refractivity contribution is 0.102. The molecule has 2 heterocycles. The molecule has 1 N–H and O–H groups in total. The van der Waals surface area contributed by atoms with Gasteiger partial charge in [-0.15, -0.1) is 11.3 Å².